The number of hydrogen-bond acceptors (Lipinski definition) is 2. The highest BCUT2D eigenvalue weighted by Gasteiger charge is 2.22. The van der Waals surface area contributed by atoms with Crippen LogP contribution in [0.2, 0.25) is 0 Å². The van der Waals surface area contributed by atoms with Crippen molar-refractivity contribution in [1.29, 1.82) is 0 Å². The van der Waals surface area contributed by atoms with Crippen LogP contribution in [0.5, 0.6) is 0 Å². The van der Waals surface area contributed by atoms with Gasteiger partial charge in [0.05, 0.1) is 0 Å². The Balaban J connectivity index is 2.00. The first-order valence-corrected chi connectivity index (χ1v) is 7.48. The highest BCUT2D eigenvalue weighted by Crippen LogP contribution is 2.25. The largest absolute Gasteiger partial charge is 0.356 e. The van der Waals surface area contributed by atoms with Crippen molar-refractivity contribution >= 4 is 11.7 Å². The Morgan fingerprint density at radius 1 is 1.40 bits per heavy atom. The lowest BCUT2D eigenvalue weighted by molar-refractivity contribution is -0.121. The summed E-state index contributed by atoms with van der Waals surface area (Å²) in [7, 11) is 0. The molecule has 20 heavy (non-hydrogen) atoms. The number of carbonyl (C=O) groups is 2. The Bertz CT molecular complexity index is 515. The predicted molar refractivity (Wildman–Crippen MR) is 78.9 cm³/mol. The summed E-state index contributed by atoms with van der Waals surface area (Å²) in [5.74, 6) is 0.803. The van der Waals surface area contributed by atoms with Crippen LogP contribution in [0.25, 0.3) is 0 Å². The maximum Gasteiger partial charge on any atom is 0.221 e. The number of amides is 1. The molecule has 1 aromatic heterocycles. The molecule has 0 aromatic carbocycles. The van der Waals surface area contributed by atoms with Crippen LogP contribution in [0, 0.1) is 12.8 Å². The summed E-state index contributed by atoms with van der Waals surface area (Å²) in [5.41, 5.74) is 3.08. The standard InChI is InChI=1S/C16H24N2O2/c1-11(2)10-17-16(20)7-8-18-12(3)9-13-14(18)5-4-6-15(13)19/h9,11H,4-8,10H2,1-3H3,(H,17,20). The van der Waals surface area contributed by atoms with Gasteiger partial charge in [-0.05, 0) is 31.7 Å². The molecule has 2 rings (SSSR count). The fourth-order valence-corrected chi connectivity index (χ4v) is 2.72. The van der Waals surface area contributed by atoms with Gasteiger partial charge in [-0.15, -0.1) is 0 Å². The molecular formula is C16H24N2O2. The third-order valence-corrected chi connectivity index (χ3v) is 3.80. The molecule has 0 bridgehead atoms. The van der Waals surface area contributed by atoms with Crippen LogP contribution in [0.3, 0.4) is 0 Å². The first-order valence-electron chi connectivity index (χ1n) is 7.48. The number of rotatable bonds is 5. The van der Waals surface area contributed by atoms with Crippen molar-refractivity contribution in [2.24, 2.45) is 5.92 Å². The van der Waals surface area contributed by atoms with Crippen LogP contribution >= 0.6 is 0 Å². The summed E-state index contributed by atoms with van der Waals surface area (Å²) in [5, 5.41) is 2.93. The van der Waals surface area contributed by atoms with Gasteiger partial charge in [0.25, 0.3) is 0 Å². The molecule has 0 fully saturated rings. The Morgan fingerprint density at radius 3 is 2.85 bits per heavy atom. The number of nitrogens with zero attached hydrogens (tertiary/aromatic N) is 1. The Kier molecular flexibility index (Phi) is 4.63. The molecule has 1 N–H and O–H groups in total. The molecule has 4 heteroatoms. The van der Waals surface area contributed by atoms with Gasteiger partial charge in [0.2, 0.25) is 5.91 Å². The molecular weight excluding hydrogens is 252 g/mol. The molecule has 0 unspecified atom stereocenters. The molecule has 0 atom stereocenters. The highest BCUT2D eigenvalue weighted by molar-refractivity contribution is 5.98. The molecule has 1 aliphatic carbocycles. The lowest BCUT2D eigenvalue weighted by atomic mass is 9.96. The van der Waals surface area contributed by atoms with Gasteiger partial charge < -0.3 is 9.88 Å². The van der Waals surface area contributed by atoms with Crippen LogP contribution in [0.15, 0.2) is 6.07 Å². The summed E-state index contributed by atoms with van der Waals surface area (Å²) in [4.78, 5) is 23.7. The summed E-state index contributed by atoms with van der Waals surface area (Å²) < 4.78 is 2.14. The molecule has 1 aromatic rings. The third kappa shape index (κ3) is 3.30. The van der Waals surface area contributed by atoms with E-state index in [1.54, 1.807) is 0 Å². The van der Waals surface area contributed by atoms with Crippen molar-refractivity contribution in [2.75, 3.05) is 6.54 Å². The van der Waals surface area contributed by atoms with Crippen molar-refractivity contribution in [3.05, 3.63) is 23.0 Å². The number of ketones is 1. The zero-order valence-corrected chi connectivity index (χ0v) is 12.7. The second kappa shape index (κ2) is 6.25. The van der Waals surface area contributed by atoms with E-state index < -0.39 is 0 Å². The van der Waals surface area contributed by atoms with E-state index in [1.807, 2.05) is 13.0 Å². The van der Waals surface area contributed by atoms with Crippen molar-refractivity contribution in [2.45, 2.75) is 53.0 Å². The monoisotopic (exact) mass is 276 g/mol. The SMILES string of the molecule is Cc1cc2c(n1CCC(=O)NCC(C)C)CCCC2=O. The third-order valence-electron chi connectivity index (χ3n) is 3.80. The molecule has 1 aliphatic rings. The van der Waals surface area contributed by atoms with E-state index in [0.29, 0.717) is 25.3 Å². The minimum absolute atomic E-state index is 0.0858. The fraction of sp³-hybridized carbons (Fsp3) is 0.625. The Morgan fingerprint density at radius 2 is 2.15 bits per heavy atom. The number of aromatic nitrogens is 1. The summed E-state index contributed by atoms with van der Waals surface area (Å²) >= 11 is 0. The lowest BCUT2D eigenvalue weighted by Gasteiger charge is -2.16. The van der Waals surface area contributed by atoms with E-state index in [-0.39, 0.29) is 11.7 Å². The quantitative estimate of drug-likeness (QED) is 0.898. The number of nitrogens with one attached hydrogen (secondary N) is 1. The molecule has 0 radical (unpaired) electrons. The van der Waals surface area contributed by atoms with E-state index in [1.165, 1.54) is 0 Å². The molecule has 0 spiro atoms. The van der Waals surface area contributed by atoms with Crippen LogP contribution < -0.4 is 5.32 Å². The molecule has 0 saturated carbocycles. The average Bonchev–Trinajstić information content (AvgIpc) is 2.71. The topological polar surface area (TPSA) is 51.1 Å². The van der Waals surface area contributed by atoms with E-state index in [9.17, 15) is 9.59 Å². The van der Waals surface area contributed by atoms with Crippen molar-refractivity contribution < 1.29 is 9.59 Å². The van der Waals surface area contributed by atoms with E-state index in [0.717, 1.165) is 36.3 Å². The molecule has 1 amide bonds. The fourth-order valence-electron chi connectivity index (χ4n) is 2.72. The normalized spacial score (nSPS) is 14.5. The van der Waals surface area contributed by atoms with E-state index in [4.69, 9.17) is 0 Å². The first-order chi connectivity index (χ1) is 9.49. The Hall–Kier alpha value is -1.58. The lowest BCUT2D eigenvalue weighted by Crippen LogP contribution is -2.28. The number of hydrogen-bond donors (Lipinski definition) is 1. The number of aryl methyl sites for hydroxylation is 1. The van der Waals surface area contributed by atoms with E-state index in [2.05, 4.69) is 23.7 Å². The molecule has 4 nitrogen and oxygen atoms in total. The maximum absolute atomic E-state index is 11.9. The minimum Gasteiger partial charge on any atom is -0.356 e. The van der Waals surface area contributed by atoms with Gasteiger partial charge in [0.1, 0.15) is 0 Å². The zero-order valence-electron chi connectivity index (χ0n) is 12.7. The maximum atomic E-state index is 11.9. The minimum atomic E-state index is 0.0858. The van der Waals surface area contributed by atoms with E-state index >= 15 is 0 Å². The number of fused-ring (bicyclic) bond motifs is 1. The number of Topliss-reactive ketones (excluding diaryl/α,β-unsaturated/α-hetero) is 1. The second-order valence-electron chi connectivity index (χ2n) is 6.02. The van der Waals surface area contributed by atoms with Crippen LogP contribution in [0.1, 0.15) is 54.9 Å². The Labute approximate surface area is 120 Å². The van der Waals surface area contributed by atoms with Gasteiger partial charge in [-0.3, -0.25) is 9.59 Å². The molecule has 0 aliphatic heterocycles. The zero-order chi connectivity index (χ0) is 14.7. The predicted octanol–water partition coefficient (Wildman–Crippen LogP) is 2.48. The van der Waals surface area contributed by atoms with Crippen molar-refractivity contribution in [3.63, 3.8) is 0 Å². The van der Waals surface area contributed by atoms with Crippen molar-refractivity contribution in [1.82, 2.24) is 9.88 Å². The van der Waals surface area contributed by atoms with Gasteiger partial charge in [-0.1, -0.05) is 13.8 Å². The molecule has 110 valence electrons. The van der Waals surface area contributed by atoms with Gasteiger partial charge in [-0.2, -0.15) is 0 Å². The summed E-state index contributed by atoms with van der Waals surface area (Å²) in [6.07, 6.45) is 3.01. The second-order valence-corrected chi connectivity index (χ2v) is 6.02. The van der Waals surface area contributed by atoms with Crippen LogP contribution in [0.4, 0.5) is 0 Å². The highest BCUT2D eigenvalue weighted by atomic mass is 16.1. The van der Waals surface area contributed by atoms with Crippen LogP contribution in [-0.2, 0) is 17.8 Å². The molecule has 1 heterocycles. The first kappa shape index (κ1) is 14.8. The average molecular weight is 276 g/mol. The number of carbonyl (C=O) groups excluding carboxylic acids is 2. The van der Waals surface area contributed by atoms with Gasteiger partial charge in [0.15, 0.2) is 5.78 Å². The summed E-state index contributed by atoms with van der Waals surface area (Å²) in [6.45, 7) is 7.56. The molecule has 0 saturated heterocycles. The van der Waals surface area contributed by atoms with Gasteiger partial charge >= 0.3 is 0 Å². The van der Waals surface area contributed by atoms with Crippen molar-refractivity contribution in [3.8, 4) is 0 Å². The smallest absolute Gasteiger partial charge is 0.221 e. The summed E-state index contributed by atoms with van der Waals surface area (Å²) in [6, 6.07) is 1.98. The van der Waals surface area contributed by atoms with Gasteiger partial charge in [0, 0.05) is 42.9 Å². The van der Waals surface area contributed by atoms with Gasteiger partial charge in [-0.25, -0.2) is 0 Å². The van der Waals surface area contributed by atoms with Crippen LogP contribution in [-0.4, -0.2) is 22.8 Å².